The predicted octanol–water partition coefficient (Wildman–Crippen LogP) is 2.79. The van der Waals surface area contributed by atoms with Gasteiger partial charge < -0.3 is 0 Å². The van der Waals surface area contributed by atoms with Crippen LogP contribution in [0.3, 0.4) is 0 Å². The summed E-state index contributed by atoms with van der Waals surface area (Å²) in [6, 6.07) is 8.99. The van der Waals surface area contributed by atoms with E-state index in [1.54, 1.807) is 4.43 Å². The molecule has 0 amide bonds. The molecule has 0 aliphatic carbocycles. The van der Waals surface area contributed by atoms with Gasteiger partial charge in [0.05, 0.1) is 0 Å². The molecule has 0 spiro atoms. The maximum Gasteiger partial charge on any atom is 0.250 e. The molecule has 0 saturated heterocycles. The topological polar surface area (TPSA) is 0 Å². The van der Waals surface area contributed by atoms with E-state index in [9.17, 15) is 0 Å². The maximum atomic E-state index is 2.28. The fraction of sp³-hybridized carbons (Fsp3) is 0.455. The molecule has 65 valence electrons. The van der Waals surface area contributed by atoms with Gasteiger partial charge in [0.1, 0.15) is 0 Å². The van der Waals surface area contributed by atoms with E-state index in [0.29, 0.717) is 15.2 Å². The van der Waals surface area contributed by atoms with Gasteiger partial charge in [0, 0.05) is 1.43 Å². The minimum Gasteiger partial charge on any atom is -0.124 e. The van der Waals surface area contributed by atoms with Crippen molar-refractivity contribution in [2.24, 2.45) is 0 Å². The highest BCUT2D eigenvalue weighted by atomic mass is 27.1. The fourth-order valence-electron chi connectivity index (χ4n) is 1.18. The van der Waals surface area contributed by atoms with Gasteiger partial charge >= 0.3 is 0 Å². The highest BCUT2D eigenvalue weighted by Gasteiger charge is 1.94. The smallest absolute Gasteiger partial charge is 0.124 e. The summed E-state index contributed by atoms with van der Waals surface area (Å²) in [7, 11) is 0. The number of benzene rings is 1. The lowest BCUT2D eigenvalue weighted by Crippen LogP contribution is -2.12. The van der Waals surface area contributed by atoms with Gasteiger partial charge in [-0.15, -0.1) is 4.43 Å². The quantitative estimate of drug-likeness (QED) is 0.490. The summed E-state index contributed by atoms with van der Waals surface area (Å²) in [5.74, 6) is 0. The standard InChI is InChI=1S/C7H7.C4H9.Al.H2/c1-7-5-3-2-4-6-7;1-3-4-2;;/h3-6H,1H3;1,3-4H2,2H3;;1H. The summed E-state index contributed by atoms with van der Waals surface area (Å²) in [4.78, 5) is 0. The van der Waals surface area contributed by atoms with Crippen LogP contribution in [0.2, 0.25) is 5.28 Å². The summed E-state index contributed by atoms with van der Waals surface area (Å²) < 4.78 is 1.56. The van der Waals surface area contributed by atoms with E-state index in [-0.39, 0.29) is 1.43 Å². The first-order valence-corrected chi connectivity index (χ1v) is 6.12. The Bertz CT molecular complexity index is 218. The van der Waals surface area contributed by atoms with Crippen LogP contribution in [-0.2, 0) is 0 Å². The second-order valence-corrected chi connectivity index (χ2v) is 4.91. The first-order valence-electron chi connectivity index (χ1n) is 4.73. The number of rotatable bonds is 4. The molecule has 0 aromatic heterocycles. The van der Waals surface area contributed by atoms with Crippen molar-refractivity contribution in [2.75, 3.05) is 0 Å². The minimum absolute atomic E-state index is 0. The average Bonchev–Trinajstić information content (AvgIpc) is 2.09. The fourth-order valence-corrected chi connectivity index (χ4v) is 2.59. The monoisotopic (exact) mass is 177 g/mol. The minimum atomic E-state index is 0. The van der Waals surface area contributed by atoms with Gasteiger partial charge in [0.2, 0.25) is 15.2 Å². The molecular weight excluding hydrogens is 159 g/mol. The first-order chi connectivity index (χ1) is 5.83. The number of unbranched alkanes of at least 4 members (excludes halogenated alkanes) is 1. The van der Waals surface area contributed by atoms with Crippen molar-refractivity contribution >= 4 is 19.6 Å². The van der Waals surface area contributed by atoms with E-state index >= 15 is 0 Å². The van der Waals surface area contributed by atoms with Crippen LogP contribution in [0.4, 0.5) is 0 Å². The number of aryl methyl sites for hydroxylation is 1. The lowest BCUT2D eigenvalue weighted by atomic mass is 10.2. The van der Waals surface area contributed by atoms with Crippen LogP contribution in [0.5, 0.6) is 0 Å². The van der Waals surface area contributed by atoms with Crippen LogP contribution in [0.1, 0.15) is 26.8 Å². The Morgan fingerprint density at radius 3 is 2.50 bits per heavy atom. The Morgan fingerprint density at radius 1 is 1.25 bits per heavy atom. The van der Waals surface area contributed by atoms with Crippen molar-refractivity contribution < 1.29 is 1.43 Å². The zero-order chi connectivity index (χ0) is 8.81. The van der Waals surface area contributed by atoms with Gasteiger partial charge in [0.25, 0.3) is 0 Å². The zero-order valence-corrected chi connectivity index (χ0v) is 9.16. The van der Waals surface area contributed by atoms with Crippen LogP contribution in [0, 0.1) is 6.92 Å². The summed E-state index contributed by atoms with van der Waals surface area (Å²) in [6.07, 6.45) is 2.72. The highest BCUT2D eigenvalue weighted by molar-refractivity contribution is 6.53. The molecular formula is C11H18Al. The molecule has 1 rings (SSSR count). The van der Waals surface area contributed by atoms with E-state index in [2.05, 4.69) is 38.1 Å². The molecule has 0 aliphatic rings. The third-order valence-corrected chi connectivity index (χ3v) is 3.57. The molecule has 0 saturated carbocycles. The van der Waals surface area contributed by atoms with E-state index in [1.165, 1.54) is 23.7 Å². The van der Waals surface area contributed by atoms with Crippen LogP contribution in [-0.4, -0.2) is 15.2 Å². The van der Waals surface area contributed by atoms with Gasteiger partial charge in [-0.05, 0) is 6.92 Å². The SMILES string of the molecule is CCC[CH2][Al][c]1ccc(C)cc1.[HH]. The van der Waals surface area contributed by atoms with E-state index in [1.807, 2.05) is 0 Å². The maximum absolute atomic E-state index is 2.28. The molecule has 0 atom stereocenters. The Kier molecular flexibility index (Phi) is 4.43. The van der Waals surface area contributed by atoms with Crippen LogP contribution in [0.25, 0.3) is 0 Å². The lowest BCUT2D eigenvalue weighted by Gasteiger charge is -1.98. The Morgan fingerprint density at radius 2 is 1.92 bits per heavy atom. The van der Waals surface area contributed by atoms with Crippen molar-refractivity contribution in [2.45, 2.75) is 32.0 Å². The third-order valence-electron chi connectivity index (χ3n) is 2.02. The molecule has 0 heterocycles. The van der Waals surface area contributed by atoms with Crippen molar-refractivity contribution in [3.63, 3.8) is 0 Å². The largest absolute Gasteiger partial charge is 0.250 e. The average molecular weight is 177 g/mol. The molecule has 1 heteroatoms. The van der Waals surface area contributed by atoms with E-state index < -0.39 is 0 Å². The Labute approximate surface area is 83.2 Å². The van der Waals surface area contributed by atoms with Gasteiger partial charge in [-0.2, -0.15) is 0 Å². The summed E-state index contributed by atoms with van der Waals surface area (Å²) in [5.41, 5.74) is 1.37. The number of hydrogen-bond donors (Lipinski definition) is 0. The molecule has 0 fully saturated rings. The van der Waals surface area contributed by atoms with Crippen LogP contribution < -0.4 is 4.43 Å². The second kappa shape index (κ2) is 5.41. The molecule has 12 heavy (non-hydrogen) atoms. The molecule has 1 aromatic rings. The van der Waals surface area contributed by atoms with Crippen molar-refractivity contribution in [3.05, 3.63) is 29.8 Å². The molecule has 0 unspecified atom stereocenters. The molecule has 0 aliphatic heterocycles. The first kappa shape index (κ1) is 9.84. The Balaban J connectivity index is 0.00000144. The summed E-state index contributed by atoms with van der Waals surface area (Å²) in [6.45, 7) is 4.40. The van der Waals surface area contributed by atoms with Crippen LogP contribution >= 0.6 is 0 Å². The third kappa shape index (κ3) is 3.43. The number of hydrogen-bond acceptors (Lipinski definition) is 0. The van der Waals surface area contributed by atoms with Gasteiger partial charge in [-0.1, -0.05) is 54.9 Å². The molecule has 0 N–H and O–H groups in total. The molecule has 1 radical (unpaired) electrons. The Hall–Kier alpha value is -0.248. The lowest BCUT2D eigenvalue weighted by molar-refractivity contribution is 0.881. The second-order valence-electron chi connectivity index (χ2n) is 3.26. The van der Waals surface area contributed by atoms with E-state index in [0.717, 1.165) is 0 Å². The highest BCUT2D eigenvalue weighted by Crippen LogP contribution is 1.96. The normalized spacial score (nSPS) is 9.83. The van der Waals surface area contributed by atoms with Crippen molar-refractivity contribution in [1.29, 1.82) is 0 Å². The van der Waals surface area contributed by atoms with Crippen LogP contribution in [0.15, 0.2) is 24.3 Å². The zero-order valence-electron chi connectivity index (χ0n) is 8.01. The predicted molar refractivity (Wildman–Crippen MR) is 58.4 cm³/mol. The van der Waals surface area contributed by atoms with Gasteiger partial charge in [-0.25, -0.2) is 0 Å². The van der Waals surface area contributed by atoms with Gasteiger partial charge in [0.15, 0.2) is 0 Å². The van der Waals surface area contributed by atoms with Gasteiger partial charge in [-0.3, -0.25) is 0 Å². The molecule has 0 bridgehead atoms. The molecule has 1 aromatic carbocycles. The van der Waals surface area contributed by atoms with Crippen molar-refractivity contribution in [1.82, 2.24) is 0 Å². The van der Waals surface area contributed by atoms with E-state index in [4.69, 9.17) is 0 Å². The molecule has 0 nitrogen and oxygen atoms in total. The van der Waals surface area contributed by atoms with Crippen molar-refractivity contribution in [3.8, 4) is 0 Å². The summed E-state index contributed by atoms with van der Waals surface area (Å²) >= 11 is 0.535. The summed E-state index contributed by atoms with van der Waals surface area (Å²) in [5, 5.41) is 1.42.